The Morgan fingerprint density at radius 3 is 2.60 bits per heavy atom. The second-order valence-electron chi connectivity index (χ2n) is 6.18. The van der Waals surface area contributed by atoms with Crippen LogP contribution in [0.5, 0.6) is 0 Å². The SMILES string of the molecule is CCC(=O)Nc1ccc(C)c(NC(=O)CCc2nc(C(C)C)no2)c1. The molecule has 2 aromatic rings. The first-order chi connectivity index (χ1) is 11.9. The van der Waals surface area contributed by atoms with Gasteiger partial charge in [0.15, 0.2) is 5.82 Å². The van der Waals surface area contributed by atoms with E-state index in [1.165, 1.54) is 0 Å². The number of anilines is 2. The number of hydrogen-bond donors (Lipinski definition) is 2. The molecule has 2 rings (SSSR count). The molecule has 0 aliphatic carbocycles. The van der Waals surface area contributed by atoms with Crippen molar-refractivity contribution < 1.29 is 14.1 Å². The number of hydrogen-bond acceptors (Lipinski definition) is 5. The van der Waals surface area contributed by atoms with Crippen LogP contribution in [-0.2, 0) is 16.0 Å². The highest BCUT2D eigenvalue weighted by molar-refractivity contribution is 5.94. The van der Waals surface area contributed by atoms with Gasteiger partial charge in [0, 0.05) is 36.6 Å². The van der Waals surface area contributed by atoms with Gasteiger partial charge in [0.25, 0.3) is 0 Å². The van der Waals surface area contributed by atoms with Gasteiger partial charge < -0.3 is 15.2 Å². The molecule has 7 heteroatoms. The molecule has 1 aromatic carbocycles. The normalized spacial score (nSPS) is 10.8. The first kappa shape index (κ1) is 18.6. The fraction of sp³-hybridized carbons (Fsp3) is 0.444. The van der Waals surface area contributed by atoms with Gasteiger partial charge in [-0.15, -0.1) is 0 Å². The molecule has 2 amide bonds. The maximum Gasteiger partial charge on any atom is 0.227 e. The number of amides is 2. The van der Waals surface area contributed by atoms with Gasteiger partial charge in [-0.25, -0.2) is 0 Å². The highest BCUT2D eigenvalue weighted by atomic mass is 16.5. The van der Waals surface area contributed by atoms with Crippen molar-refractivity contribution in [3.63, 3.8) is 0 Å². The molecule has 0 atom stereocenters. The van der Waals surface area contributed by atoms with Crippen LogP contribution in [0, 0.1) is 6.92 Å². The van der Waals surface area contributed by atoms with Gasteiger partial charge >= 0.3 is 0 Å². The largest absolute Gasteiger partial charge is 0.339 e. The van der Waals surface area contributed by atoms with Crippen LogP contribution in [0.3, 0.4) is 0 Å². The summed E-state index contributed by atoms with van der Waals surface area (Å²) in [6.45, 7) is 7.64. The third-order valence-corrected chi connectivity index (χ3v) is 3.68. The minimum absolute atomic E-state index is 0.0709. The van der Waals surface area contributed by atoms with Crippen LogP contribution in [0.15, 0.2) is 22.7 Å². The Bertz CT molecular complexity index is 753. The Morgan fingerprint density at radius 1 is 1.20 bits per heavy atom. The standard InChI is InChI=1S/C18H24N4O3/c1-5-15(23)19-13-7-6-12(4)14(10-13)20-16(24)8-9-17-21-18(11(2)3)22-25-17/h6-7,10-11H,5,8-9H2,1-4H3,(H,19,23)(H,20,24). The highest BCUT2D eigenvalue weighted by Gasteiger charge is 2.12. The molecule has 0 aliphatic heterocycles. The summed E-state index contributed by atoms with van der Waals surface area (Å²) in [5.41, 5.74) is 2.25. The molecule has 0 bridgehead atoms. The average molecular weight is 344 g/mol. The molecule has 0 aliphatic rings. The monoisotopic (exact) mass is 344 g/mol. The molecule has 0 saturated heterocycles. The Labute approximate surface area is 147 Å². The van der Waals surface area contributed by atoms with Crippen LogP contribution < -0.4 is 10.6 Å². The van der Waals surface area contributed by atoms with Gasteiger partial charge in [0.05, 0.1) is 0 Å². The molecule has 25 heavy (non-hydrogen) atoms. The smallest absolute Gasteiger partial charge is 0.227 e. The number of aromatic nitrogens is 2. The zero-order chi connectivity index (χ0) is 18.4. The summed E-state index contributed by atoms with van der Waals surface area (Å²) in [6.07, 6.45) is 1.03. The van der Waals surface area contributed by atoms with Gasteiger partial charge in [-0.2, -0.15) is 4.98 Å². The number of carbonyl (C=O) groups excluding carboxylic acids is 2. The van der Waals surface area contributed by atoms with E-state index in [4.69, 9.17) is 4.52 Å². The van der Waals surface area contributed by atoms with Gasteiger partial charge in [-0.3, -0.25) is 9.59 Å². The first-order valence-electron chi connectivity index (χ1n) is 8.41. The zero-order valence-corrected chi connectivity index (χ0v) is 15.0. The lowest BCUT2D eigenvalue weighted by molar-refractivity contribution is -0.116. The van der Waals surface area contributed by atoms with Crippen LogP contribution in [0.4, 0.5) is 11.4 Å². The van der Waals surface area contributed by atoms with E-state index in [9.17, 15) is 9.59 Å². The summed E-state index contributed by atoms with van der Waals surface area (Å²) in [7, 11) is 0. The van der Waals surface area contributed by atoms with Crippen molar-refractivity contribution in [1.29, 1.82) is 0 Å². The molecule has 134 valence electrons. The number of aryl methyl sites for hydroxylation is 2. The molecule has 0 radical (unpaired) electrons. The second kappa shape index (κ2) is 8.41. The summed E-state index contributed by atoms with van der Waals surface area (Å²) < 4.78 is 5.14. The molecule has 1 heterocycles. The van der Waals surface area contributed by atoms with Crippen molar-refractivity contribution in [2.75, 3.05) is 10.6 Å². The van der Waals surface area contributed by atoms with E-state index in [1.54, 1.807) is 13.0 Å². The third-order valence-electron chi connectivity index (χ3n) is 3.68. The summed E-state index contributed by atoms with van der Waals surface area (Å²) in [6, 6.07) is 5.42. The number of rotatable bonds is 7. The minimum Gasteiger partial charge on any atom is -0.339 e. The lowest BCUT2D eigenvalue weighted by Gasteiger charge is -2.11. The Morgan fingerprint density at radius 2 is 1.96 bits per heavy atom. The van der Waals surface area contributed by atoms with Gasteiger partial charge in [-0.05, 0) is 24.6 Å². The molecular weight excluding hydrogens is 320 g/mol. The van der Waals surface area contributed by atoms with Crippen LogP contribution in [0.25, 0.3) is 0 Å². The molecule has 1 aromatic heterocycles. The molecule has 7 nitrogen and oxygen atoms in total. The van der Waals surface area contributed by atoms with Crippen molar-refractivity contribution in [3.8, 4) is 0 Å². The quantitative estimate of drug-likeness (QED) is 0.802. The van der Waals surface area contributed by atoms with Crippen molar-refractivity contribution >= 4 is 23.2 Å². The van der Waals surface area contributed by atoms with Gasteiger partial charge in [-0.1, -0.05) is 32.0 Å². The molecule has 0 fully saturated rings. The van der Waals surface area contributed by atoms with Crippen molar-refractivity contribution in [3.05, 3.63) is 35.5 Å². The second-order valence-corrected chi connectivity index (χ2v) is 6.18. The third kappa shape index (κ3) is 5.41. The van der Waals surface area contributed by atoms with Crippen LogP contribution in [0.1, 0.15) is 56.8 Å². The number of benzene rings is 1. The summed E-state index contributed by atoms with van der Waals surface area (Å²) in [4.78, 5) is 27.9. The molecule has 0 unspecified atom stereocenters. The fourth-order valence-electron chi connectivity index (χ4n) is 2.12. The maximum absolute atomic E-state index is 12.2. The number of nitrogens with zero attached hydrogens (tertiary/aromatic N) is 2. The molecule has 0 saturated carbocycles. The van der Waals surface area contributed by atoms with Gasteiger partial charge in [0.1, 0.15) is 0 Å². The predicted octanol–water partition coefficient (Wildman–Crippen LogP) is 3.42. The lowest BCUT2D eigenvalue weighted by atomic mass is 10.1. The summed E-state index contributed by atoms with van der Waals surface area (Å²) in [5.74, 6) is 1.07. The Hall–Kier alpha value is -2.70. The van der Waals surface area contributed by atoms with E-state index < -0.39 is 0 Å². The number of nitrogens with one attached hydrogen (secondary N) is 2. The van der Waals surface area contributed by atoms with E-state index >= 15 is 0 Å². The molecule has 2 N–H and O–H groups in total. The van der Waals surface area contributed by atoms with Crippen molar-refractivity contribution in [2.45, 2.75) is 52.9 Å². The van der Waals surface area contributed by atoms with Crippen LogP contribution in [-0.4, -0.2) is 22.0 Å². The Balaban J connectivity index is 1.94. The maximum atomic E-state index is 12.2. The van der Waals surface area contributed by atoms with E-state index in [-0.39, 0.29) is 24.2 Å². The lowest BCUT2D eigenvalue weighted by Crippen LogP contribution is -2.14. The topological polar surface area (TPSA) is 97.1 Å². The minimum atomic E-state index is -0.147. The zero-order valence-electron chi connectivity index (χ0n) is 15.0. The van der Waals surface area contributed by atoms with Crippen molar-refractivity contribution in [1.82, 2.24) is 10.1 Å². The predicted molar refractivity (Wildman–Crippen MR) is 95.4 cm³/mol. The van der Waals surface area contributed by atoms with Crippen LogP contribution >= 0.6 is 0 Å². The average Bonchev–Trinajstić information content (AvgIpc) is 3.05. The van der Waals surface area contributed by atoms with E-state index in [2.05, 4.69) is 20.8 Å². The summed E-state index contributed by atoms with van der Waals surface area (Å²) >= 11 is 0. The van der Waals surface area contributed by atoms with E-state index in [0.29, 0.717) is 35.9 Å². The van der Waals surface area contributed by atoms with Crippen molar-refractivity contribution in [2.24, 2.45) is 0 Å². The summed E-state index contributed by atoms with van der Waals surface area (Å²) in [5, 5.41) is 9.52. The highest BCUT2D eigenvalue weighted by Crippen LogP contribution is 2.21. The fourth-order valence-corrected chi connectivity index (χ4v) is 2.12. The van der Waals surface area contributed by atoms with Gasteiger partial charge in [0.2, 0.25) is 17.7 Å². The van der Waals surface area contributed by atoms with E-state index in [0.717, 1.165) is 5.56 Å². The van der Waals surface area contributed by atoms with E-state index in [1.807, 2.05) is 32.9 Å². The van der Waals surface area contributed by atoms with Crippen LogP contribution in [0.2, 0.25) is 0 Å². The first-order valence-corrected chi connectivity index (χ1v) is 8.41. The molecular formula is C18H24N4O3. The molecule has 0 spiro atoms. The number of carbonyl (C=O) groups is 2. The Kier molecular flexibility index (Phi) is 6.27.